The van der Waals surface area contributed by atoms with Crippen LogP contribution in [0.3, 0.4) is 0 Å². The van der Waals surface area contributed by atoms with E-state index in [9.17, 15) is 9.18 Å². The molecule has 0 unspecified atom stereocenters. The van der Waals surface area contributed by atoms with Gasteiger partial charge >= 0.3 is 0 Å². The van der Waals surface area contributed by atoms with Crippen LogP contribution in [0.4, 0.5) is 10.1 Å². The highest BCUT2D eigenvalue weighted by Crippen LogP contribution is 2.22. The van der Waals surface area contributed by atoms with Gasteiger partial charge < -0.3 is 10.1 Å². The van der Waals surface area contributed by atoms with Crippen LogP contribution in [-0.4, -0.2) is 13.0 Å². The fourth-order valence-corrected chi connectivity index (χ4v) is 1.90. The normalized spacial score (nSPS) is 10.2. The number of methoxy groups -OCH3 is 1. The molecule has 0 aromatic heterocycles. The van der Waals surface area contributed by atoms with E-state index in [0.29, 0.717) is 0 Å². The molecule has 1 amide bonds. The van der Waals surface area contributed by atoms with Crippen LogP contribution in [0.5, 0.6) is 5.75 Å². The summed E-state index contributed by atoms with van der Waals surface area (Å²) in [5.41, 5.74) is 0.891. The van der Waals surface area contributed by atoms with Gasteiger partial charge in [-0.2, -0.15) is 0 Å². The molecule has 0 spiro atoms. The monoisotopic (exact) mass is 293 g/mol. The molecule has 0 aliphatic heterocycles. The van der Waals surface area contributed by atoms with Crippen LogP contribution >= 0.6 is 11.6 Å². The molecule has 0 fully saturated rings. The predicted molar refractivity (Wildman–Crippen MR) is 76.7 cm³/mol. The summed E-state index contributed by atoms with van der Waals surface area (Å²) >= 11 is 5.65. The van der Waals surface area contributed by atoms with Crippen LogP contribution in [0, 0.1) is 5.82 Å². The molecule has 20 heavy (non-hydrogen) atoms. The van der Waals surface area contributed by atoms with E-state index >= 15 is 0 Å². The van der Waals surface area contributed by atoms with Crippen molar-refractivity contribution in [1.29, 1.82) is 0 Å². The molecule has 0 saturated heterocycles. The molecule has 0 bridgehead atoms. The zero-order valence-electron chi connectivity index (χ0n) is 10.8. The fourth-order valence-electron chi connectivity index (χ4n) is 1.72. The Morgan fingerprint density at radius 3 is 2.60 bits per heavy atom. The second-order valence-electron chi connectivity index (χ2n) is 4.17. The highest BCUT2D eigenvalue weighted by molar-refractivity contribution is 6.31. The minimum atomic E-state index is -0.628. The second kappa shape index (κ2) is 6.39. The van der Waals surface area contributed by atoms with Crippen molar-refractivity contribution in [3.8, 4) is 5.75 Å². The first-order chi connectivity index (χ1) is 9.60. The van der Waals surface area contributed by atoms with E-state index in [2.05, 4.69) is 5.32 Å². The molecule has 3 nitrogen and oxygen atoms in total. The first-order valence-electron chi connectivity index (χ1n) is 5.97. The number of carbonyl (C=O) groups excluding carboxylic acids is 1. The number of rotatable bonds is 4. The van der Waals surface area contributed by atoms with Crippen molar-refractivity contribution in [3.05, 3.63) is 58.9 Å². The Bertz CT molecular complexity index is 614. The molecule has 0 aliphatic carbocycles. The largest absolute Gasteiger partial charge is 0.497 e. The van der Waals surface area contributed by atoms with Gasteiger partial charge in [0.05, 0.1) is 24.2 Å². The quantitative estimate of drug-likeness (QED) is 0.934. The van der Waals surface area contributed by atoms with Crippen LogP contribution < -0.4 is 10.1 Å². The molecule has 2 aromatic carbocycles. The summed E-state index contributed by atoms with van der Waals surface area (Å²) in [4.78, 5) is 11.8. The molecule has 104 valence electrons. The van der Waals surface area contributed by atoms with Gasteiger partial charge in [0, 0.05) is 0 Å². The van der Waals surface area contributed by atoms with Gasteiger partial charge in [-0.15, -0.1) is 0 Å². The van der Waals surface area contributed by atoms with Crippen molar-refractivity contribution in [2.24, 2.45) is 0 Å². The third-order valence-corrected chi connectivity index (χ3v) is 3.04. The molecule has 2 rings (SSSR count). The minimum Gasteiger partial charge on any atom is -0.497 e. The van der Waals surface area contributed by atoms with Gasteiger partial charge in [0.2, 0.25) is 5.91 Å². The maximum atomic E-state index is 13.6. The molecule has 0 saturated carbocycles. The molecule has 0 radical (unpaired) electrons. The molecular weight excluding hydrogens is 281 g/mol. The lowest BCUT2D eigenvalue weighted by molar-refractivity contribution is -0.115. The standard InChI is InChI=1S/C15H13ClFNO2/c1-20-11-7-5-10(6-8-11)9-14(19)18-13-4-2-3-12(16)15(13)17/h2-8H,9H2,1H3,(H,18,19). The lowest BCUT2D eigenvalue weighted by Gasteiger charge is -2.07. The zero-order chi connectivity index (χ0) is 14.5. The highest BCUT2D eigenvalue weighted by atomic mass is 35.5. The van der Waals surface area contributed by atoms with Gasteiger partial charge in [-0.1, -0.05) is 29.8 Å². The molecular formula is C15H13ClFNO2. The van der Waals surface area contributed by atoms with Crippen LogP contribution in [0.2, 0.25) is 5.02 Å². The maximum absolute atomic E-state index is 13.6. The third-order valence-electron chi connectivity index (χ3n) is 2.75. The Morgan fingerprint density at radius 1 is 1.25 bits per heavy atom. The van der Waals surface area contributed by atoms with E-state index < -0.39 is 5.82 Å². The second-order valence-corrected chi connectivity index (χ2v) is 4.58. The Hall–Kier alpha value is -2.07. The van der Waals surface area contributed by atoms with Crippen molar-refractivity contribution >= 4 is 23.2 Å². The van der Waals surface area contributed by atoms with E-state index in [0.717, 1.165) is 11.3 Å². The van der Waals surface area contributed by atoms with Gasteiger partial charge in [-0.05, 0) is 29.8 Å². The van der Waals surface area contributed by atoms with Crippen molar-refractivity contribution in [2.75, 3.05) is 12.4 Å². The maximum Gasteiger partial charge on any atom is 0.228 e. The number of amides is 1. The smallest absolute Gasteiger partial charge is 0.228 e. The molecule has 5 heteroatoms. The first kappa shape index (κ1) is 14.3. The summed E-state index contributed by atoms with van der Waals surface area (Å²) in [6.45, 7) is 0. The van der Waals surface area contributed by atoms with Crippen molar-refractivity contribution in [2.45, 2.75) is 6.42 Å². The van der Waals surface area contributed by atoms with E-state index in [4.69, 9.17) is 16.3 Å². The summed E-state index contributed by atoms with van der Waals surface area (Å²) in [7, 11) is 1.57. The average Bonchev–Trinajstić information content (AvgIpc) is 2.45. The summed E-state index contributed by atoms with van der Waals surface area (Å²) in [5, 5.41) is 2.48. The first-order valence-corrected chi connectivity index (χ1v) is 6.34. The number of hydrogen-bond donors (Lipinski definition) is 1. The lowest BCUT2D eigenvalue weighted by Crippen LogP contribution is -2.15. The van der Waals surface area contributed by atoms with E-state index in [1.165, 1.54) is 12.1 Å². The molecule has 2 aromatic rings. The lowest BCUT2D eigenvalue weighted by atomic mass is 10.1. The Labute approximate surface area is 121 Å². The van der Waals surface area contributed by atoms with Crippen LogP contribution in [-0.2, 0) is 11.2 Å². The van der Waals surface area contributed by atoms with Crippen molar-refractivity contribution in [1.82, 2.24) is 0 Å². The summed E-state index contributed by atoms with van der Waals surface area (Å²) in [5.74, 6) is -0.219. The highest BCUT2D eigenvalue weighted by Gasteiger charge is 2.10. The number of benzene rings is 2. The van der Waals surface area contributed by atoms with Gasteiger partial charge in [0.25, 0.3) is 0 Å². The number of hydrogen-bond acceptors (Lipinski definition) is 2. The van der Waals surface area contributed by atoms with Crippen molar-refractivity contribution in [3.63, 3.8) is 0 Å². The summed E-state index contributed by atoms with van der Waals surface area (Å²) in [6, 6.07) is 11.6. The number of ether oxygens (including phenoxy) is 1. The van der Waals surface area contributed by atoms with E-state index in [1.807, 2.05) is 0 Å². The predicted octanol–water partition coefficient (Wildman–Crippen LogP) is 3.67. The van der Waals surface area contributed by atoms with Crippen LogP contribution in [0.15, 0.2) is 42.5 Å². The number of carbonyl (C=O) groups is 1. The average molecular weight is 294 g/mol. The molecule has 0 heterocycles. The van der Waals surface area contributed by atoms with Gasteiger partial charge in [-0.3, -0.25) is 4.79 Å². The number of anilines is 1. The van der Waals surface area contributed by atoms with Gasteiger partial charge in [0.1, 0.15) is 5.75 Å². The third kappa shape index (κ3) is 3.48. The number of nitrogens with one attached hydrogen (secondary N) is 1. The molecule has 1 N–H and O–H groups in total. The topological polar surface area (TPSA) is 38.3 Å². The van der Waals surface area contributed by atoms with Crippen molar-refractivity contribution < 1.29 is 13.9 Å². The van der Waals surface area contributed by atoms with Crippen LogP contribution in [0.1, 0.15) is 5.56 Å². The minimum absolute atomic E-state index is 0.0211. The summed E-state index contributed by atoms with van der Waals surface area (Å²) < 4.78 is 18.7. The van der Waals surface area contributed by atoms with Gasteiger partial charge in [0.15, 0.2) is 5.82 Å². The fraction of sp³-hybridized carbons (Fsp3) is 0.133. The SMILES string of the molecule is COc1ccc(CC(=O)Nc2cccc(Cl)c2F)cc1. The zero-order valence-corrected chi connectivity index (χ0v) is 11.6. The Balaban J connectivity index is 2.03. The van der Waals surface area contributed by atoms with E-state index in [1.54, 1.807) is 37.4 Å². The summed E-state index contributed by atoms with van der Waals surface area (Å²) in [6.07, 6.45) is 0.149. The van der Waals surface area contributed by atoms with Gasteiger partial charge in [-0.25, -0.2) is 4.39 Å². The Morgan fingerprint density at radius 2 is 1.95 bits per heavy atom. The molecule has 0 aliphatic rings. The number of halogens is 2. The van der Waals surface area contributed by atoms with E-state index in [-0.39, 0.29) is 23.0 Å². The van der Waals surface area contributed by atoms with Crippen LogP contribution in [0.25, 0.3) is 0 Å². The molecule has 0 atom stereocenters. The Kier molecular flexibility index (Phi) is 4.58.